The van der Waals surface area contributed by atoms with Crippen LogP contribution < -0.4 is 20.7 Å². The Kier molecular flexibility index (Phi) is 7.58. The molecule has 0 bridgehead atoms. The number of nitrogens with one attached hydrogen (secondary N) is 3. The highest BCUT2D eigenvalue weighted by atomic mass is 16.5. The Balaban J connectivity index is 2.34. The van der Waals surface area contributed by atoms with Crippen molar-refractivity contribution in [2.75, 3.05) is 6.61 Å². The van der Waals surface area contributed by atoms with Gasteiger partial charge in [-0.25, -0.2) is 4.79 Å². The summed E-state index contributed by atoms with van der Waals surface area (Å²) in [6, 6.07) is 3.75. The van der Waals surface area contributed by atoms with Crippen molar-refractivity contribution in [1.82, 2.24) is 16.0 Å². The molecule has 9 heteroatoms. The lowest BCUT2D eigenvalue weighted by molar-refractivity contribution is -0.141. The molecule has 2 rings (SSSR count). The van der Waals surface area contributed by atoms with Crippen LogP contribution in [0.5, 0.6) is 5.75 Å². The Hall–Kier alpha value is -3.10. The average molecular weight is 405 g/mol. The third kappa shape index (κ3) is 6.48. The zero-order valence-electron chi connectivity index (χ0n) is 16.7. The minimum absolute atomic E-state index is 0.0980. The van der Waals surface area contributed by atoms with Gasteiger partial charge < -0.3 is 25.8 Å². The summed E-state index contributed by atoms with van der Waals surface area (Å²) in [4.78, 5) is 49.2. The molecule has 1 heterocycles. The summed E-state index contributed by atoms with van der Waals surface area (Å²) in [7, 11) is 0. The number of amides is 3. The molecule has 158 valence electrons. The summed E-state index contributed by atoms with van der Waals surface area (Å²) < 4.78 is 5.69. The highest BCUT2D eigenvalue weighted by Crippen LogP contribution is 2.19. The molecule has 9 nitrogen and oxygen atoms in total. The molecule has 1 aromatic rings. The lowest BCUT2D eigenvalue weighted by atomic mass is 10.0. The predicted molar refractivity (Wildman–Crippen MR) is 104 cm³/mol. The molecule has 0 aliphatic carbocycles. The van der Waals surface area contributed by atoms with Crippen LogP contribution in [0.25, 0.3) is 0 Å². The Labute approximate surface area is 169 Å². The van der Waals surface area contributed by atoms with Crippen LogP contribution in [0.15, 0.2) is 24.3 Å². The molecular formula is C20H27N3O6. The molecule has 1 aromatic carbocycles. The number of carboxylic acids is 1. The largest absolute Gasteiger partial charge is 0.491 e. The Bertz CT molecular complexity index is 779. The van der Waals surface area contributed by atoms with Crippen molar-refractivity contribution in [2.45, 2.75) is 51.7 Å². The van der Waals surface area contributed by atoms with E-state index in [1.165, 1.54) is 6.07 Å². The molecule has 3 amide bonds. The fourth-order valence-corrected chi connectivity index (χ4v) is 2.96. The fraction of sp³-hybridized carbons (Fsp3) is 0.500. The zero-order chi connectivity index (χ0) is 21.6. The lowest BCUT2D eigenvalue weighted by Crippen LogP contribution is -2.52. The molecule has 0 saturated carbocycles. The maximum absolute atomic E-state index is 12.6. The molecule has 0 unspecified atom stereocenters. The van der Waals surface area contributed by atoms with Crippen LogP contribution in [-0.2, 0) is 14.4 Å². The lowest BCUT2D eigenvalue weighted by Gasteiger charge is -2.25. The van der Waals surface area contributed by atoms with Crippen LogP contribution in [0.3, 0.4) is 0 Å². The van der Waals surface area contributed by atoms with E-state index in [1.54, 1.807) is 25.1 Å². The molecule has 0 fully saturated rings. The van der Waals surface area contributed by atoms with E-state index in [0.717, 1.165) is 0 Å². The third-order valence-corrected chi connectivity index (χ3v) is 4.36. The summed E-state index contributed by atoms with van der Waals surface area (Å²) in [5.74, 6) is -2.63. The second-order valence-corrected chi connectivity index (χ2v) is 7.53. The van der Waals surface area contributed by atoms with Crippen molar-refractivity contribution in [3.8, 4) is 5.75 Å². The van der Waals surface area contributed by atoms with Crippen molar-refractivity contribution in [3.05, 3.63) is 29.8 Å². The minimum atomic E-state index is -1.44. The second kappa shape index (κ2) is 9.90. The Morgan fingerprint density at radius 3 is 2.52 bits per heavy atom. The highest BCUT2D eigenvalue weighted by Gasteiger charge is 2.29. The van der Waals surface area contributed by atoms with Crippen molar-refractivity contribution >= 4 is 23.7 Å². The molecule has 1 aliphatic rings. The van der Waals surface area contributed by atoms with Gasteiger partial charge in [0.15, 0.2) is 0 Å². The summed E-state index contributed by atoms with van der Waals surface area (Å²) in [6.07, 6.45) is -0.112. The number of rotatable bonds is 3. The maximum Gasteiger partial charge on any atom is 0.326 e. The van der Waals surface area contributed by atoms with Gasteiger partial charge in [-0.1, -0.05) is 26.0 Å². The normalized spacial score (nSPS) is 23.7. The molecule has 0 aromatic heterocycles. The first-order valence-electron chi connectivity index (χ1n) is 9.52. The van der Waals surface area contributed by atoms with Gasteiger partial charge in [-0.15, -0.1) is 0 Å². The average Bonchev–Trinajstić information content (AvgIpc) is 2.64. The smallest absolute Gasteiger partial charge is 0.326 e. The van der Waals surface area contributed by atoms with Gasteiger partial charge >= 0.3 is 5.97 Å². The standard InChI is InChI=1S/C20H27N3O6/c1-11(2)8-14-19(26)21-12(3)10-29-16-7-5-4-6-13(16)18(25)23-15(20(27)28)9-17(24)22-14/h4-7,11-12,14-15H,8-10H2,1-3H3,(H,21,26)(H,22,24)(H,23,25)(H,27,28)/t12-,14+,15+/m1/s1. The van der Waals surface area contributed by atoms with E-state index in [4.69, 9.17) is 4.74 Å². The van der Waals surface area contributed by atoms with Crippen LogP contribution in [0.1, 0.15) is 44.0 Å². The summed E-state index contributed by atoms with van der Waals surface area (Å²) in [5, 5.41) is 17.2. The predicted octanol–water partition coefficient (Wildman–Crippen LogP) is 0.688. The monoisotopic (exact) mass is 405 g/mol. The van der Waals surface area contributed by atoms with Gasteiger partial charge in [-0.05, 0) is 31.4 Å². The number of hydrogen-bond acceptors (Lipinski definition) is 5. The number of carbonyl (C=O) groups excluding carboxylic acids is 3. The summed E-state index contributed by atoms with van der Waals surface area (Å²) in [6.45, 7) is 5.67. The van der Waals surface area contributed by atoms with Gasteiger partial charge in [0, 0.05) is 0 Å². The van der Waals surface area contributed by atoms with Crippen molar-refractivity contribution < 1.29 is 29.0 Å². The quantitative estimate of drug-likeness (QED) is 0.585. The van der Waals surface area contributed by atoms with Crippen LogP contribution in [-0.4, -0.2) is 53.5 Å². The molecule has 29 heavy (non-hydrogen) atoms. The number of benzene rings is 1. The van der Waals surface area contributed by atoms with Gasteiger partial charge in [-0.3, -0.25) is 14.4 Å². The number of para-hydroxylation sites is 1. The van der Waals surface area contributed by atoms with Gasteiger partial charge in [0.05, 0.1) is 18.0 Å². The van der Waals surface area contributed by atoms with Gasteiger partial charge in [0.1, 0.15) is 24.4 Å². The minimum Gasteiger partial charge on any atom is -0.491 e. The fourth-order valence-electron chi connectivity index (χ4n) is 2.96. The first kappa shape index (κ1) is 22.2. The number of ether oxygens (including phenoxy) is 1. The summed E-state index contributed by atoms with van der Waals surface area (Å²) >= 11 is 0. The second-order valence-electron chi connectivity index (χ2n) is 7.53. The molecule has 1 aliphatic heterocycles. The van der Waals surface area contributed by atoms with E-state index in [2.05, 4.69) is 16.0 Å². The topological polar surface area (TPSA) is 134 Å². The summed E-state index contributed by atoms with van der Waals surface area (Å²) in [5.41, 5.74) is 0.146. The Morgan fingerprint density at radius 1 is 1.17 bits per heavy atom. The molecular weight excluding hydrogens is 378 g/mol. The highest BCUT2D eigenvalue weighted by molar-refractivity contribution is 6.00. The van der Waals surface area contributed by atoms with Crippen LogP contribution in [0, 0.1) is 5.92 Å². The van der Waals surface area contributed by atoms with Crippen molar-refractivity contribution in [2.24, 2.45) is 5.92 Å². The van der Waals surface area contributed by atoms with E-state index < -0.39 is 36.3 Å². The zero-order valence-corrected chi connectivity index (χ0v) is 16.7. The van der Waals surface area contributed by atoms with Crippen LogP contribution in [0.4, 0.5) is 0 Å². The van der Waals surface area contributed by atoms with Gasteiger partial charge in [0.25, 0.3) is 5.91 Å². The van der Waals surface area contributed by atoms with Gasteiger partial charge in [-0.2, -0.15) is 0 Å². The molecule has 3 atom stereocenters. The number of fused-ring (bicyclic) bond motifs is 1. The van der Waals surface area contributed by atoms with E-state index in [0.29, 0.717) is 6.42 Å². The Morgan fingerprint density at radius 2 is 1.86 bits per heavy atom. The molecule has 4 N–H and O–H groups in total. The maximum atomic E-state index is 12.6. The SMILES string of the molecule is CC(C)C[C@@H]1NC(=O)C[C@@H](C(=O)O)NC(=O)c2ccccc2OC[C@@H](C)NC1=O. The van der Waals surface area contributed by atoms with E-state index >= 15 is 0 Å². The van der Waals surface area contributed by atoms with E-state index in [-0.39, 0.29) is 35.8 Å². The molecule has 0 radical (unpaired) electrons. The van der Waals surface area contributed by atoms with E-state index in [9.17, 15) is 24.3 Å². The molecule has 0 saturated heterocycles. The first-order valence-corrected chi connectivity index (χ1v) is 9.52. The first-order chi connectivity index (χ1) is 13.7. The van der Waals surface area contributed by atoms with Crippen molar-refractivity contribution in [3.63, 3.8) is 0 Å². The van der Waals surface area contributed by atoms with Crippen LogP contribution >= 0.6 is 0 Å². The molecule has 0 spiro atoms. The van der Waals surface area contributed by atoms with Gasteiger partial charge in [0.2, 0.25) is 11.8 Å². The number of carboxylic acid groups (broad SMARTS) is 1. The number of aliphatic carboxylic acids is 1. The van der Waals surface area contributed by atoms with Crippen LogP contribution in [0.2, 0.25) is 0 Å². The van der Waals surface area contributed by atoms with E-state index in [1.807, 2.05) is 13.8 Å². The number of carbonyl (C=O) groups is 4. The van der Waals surface area contributed by atoms with Crippen molar-refractivity contribution in [1.29, 1.82) is 0 Å². The third-order valence-electron chi connectivity index (χ3n) is 4.36. The number of hydrogen-bond donors (Lipinski definition) is 4.